The van der Waals surface area contributed by atoms with E-state index in [1.807, 2.05) is 26.1 Å². The summed E-state index contributed by atoms with van der Waals surface area (Å²) in [6.07, 6.45) is 3.50. The van der Waals surface area contributed by atoms with E-state index in [1.165, 1.54) is 0 Å². The lowest BCUT2D eigenvalue weighted by Crippen LogP contribution is -2.37. The van der Waals surface area contributed by atoms with Gasteiger partial charge in [0.05, 0.1) is 11.1 Å². The van der Waals surface area contributed by atoms with Crippen molar-refractivity contribution in [2.75, 3.05) is 12.8 Å². The van der Waals surface area contributed by atoms with E-state index < -0.39 is 5.54 Å². The molecule has 0 radical (unpaired) electrons. The predicted molar refractivity (Wildman–Crippen MR) is 72.3 cm³/mol. The summed E-state index contributed by atoms with van der Waals surface area (Å²) in [5.74, 6) is 0.912. The zero-order valence-electron chi connectivity index (χ0n) is 10.0. The number of hydrogen-bond donors (Lipinski definition) is 1. The molecule has 0 spiro atoms. The number of nitriles is 1. The van der Waals surface area contributed by atoms with Crippen LogP contribution < -0.4 is 5.32 Å². The summed E-state index contributed by atoms with van der Waals surface area (Å²) >= 11 is 7.63. The van der Waals surface area contributed by atoms with E-state index in [0.29, 0.717) is 5.02 Å². The average molecular weight is 270 g/mol. The van der Waals surface area contributed by atoms with Crippen molar-refractivity contribution in [3.8, 4) is 6.07 Å². The van der Waals surface area contributed by atoms with Crippen LogP contribution in [0.25, 0.3) is 0 Å². The maximum atomic E-state index is 8.99. The summed E-state index contributed by atoms with van der Waals surface area (Å²) in [7, 11) is 1.81. The smallest absolute Gasteiger partial charge is 0.115 e. The molecule has 0 fully saturated rings. The monoisotopic (exact) mass is 269 g/mol. The van der Waals surface area contributed by atoms with Crippen LogP contribution in [-0.4, -0.2) is 23.3 Å². The zero-order valence-corrected chi connectivity index (χ0v) is 11.6. The second-order valence-corrected chi connectivity index (χ2v) is 5.43. The van der Waals surface area contributed by atoms with Gasteiger partial charge in [-0.1, -0.05) is 11.6 Å². The number of pyridine rings is 1. The molecule has 0 aliphatic carbocycles. The van der Waals surface area contributed by atoms with Crippen molar-refractivity contribution in [3.63, 3.8) is 0 Å². The summed E-state index contributed by atoms with van der Waals surface area (Å²) in [4.78, 5) is 4.20. The molecule has 1 aromatic rings. The van der Waals surface area contributed by atoms with E-state index in [4.69, 9.17) is 16.9 Å². The fourth-order valence-corrected chi connectivity index (χ4v) is 2.42. The van der Waals surface area contributed by atoms with E-state index in [2.05, 4.69) is 16.4 Å². The number of rotatable bonds is 6. The molecule has 3 nitrogen and oxygen atoms in total. The normalized spacial score (nSPS) is 14.0. The van der Waals surface area contributed by atoms with Gasteiger partial charge in [0.2, 0.25) is 0 Å². The molecule has 92 valence electrons. The molecular weight excluding hydrogens is 254 g/mol. The second kappa shape index (κ2) is 6.85. The van der Waals surface area contributed by atoms with E-state index >= 15 is 0 Å². The van der Waals surface area contributed by atoms with Gasteiger partial charge in [0.1, 0.15) is 10.6 Å². The molecule has 1 atom stereocenters. The molecular formula is C12H16ClN3S. The van der Waals surface area contributed by atoms with E-state index in [1.54, 1.807) is 18.0 Å². The van der Waals surface area contributed by atoms with Crippen molar-refractivity contribution in [2.24, 2.45) is 0 Å². The maximum absolute atomic E-state index is 8.99. The summed E-state index contributed by atoms with van der Waals surface area (Å²) in [6, 6.07) is 5.93. The Hall–Kier alpha value is -0.760. The molecule has 5 heteroatoms. The Labute approximate surface area is 112 Å². The van der Waals surface area contributed by atoms with Crippen LogP contribution in [0, 0.1) is 11.3 Å². The van der Waals surface area contributed by atoms with Crippen LogP contribution in [0.15, 0.2) is 23.4 Å². The fourth-order valence-electron chi connectivity index (χ4n) is 1.31. The Morgan fingerprint density at radius 3 is 3.00 bits per heavy atom. The summed E-state index contributed by atoms with van der Waals surface area (Å²) in [5, 5.41) is 13.6. The number of nitrogens with zero attached hydrogens (tertiary/aromatic N) is 2. The molecule has 0 saturated carbocycles. The fraction of sp³-hybridized carbons (Fsp3) is 0.500. The lowest BCUT2D eigenvalue weighted by molar-refractivity contribution is 0.451. The minimum atomic E-state index is -0.436. The molecule has 0 aliphatic heterocycles. The Kier molecular flexibility index (Phi) is 5.76. The van der Waals surface area contributed by atoms with Gasteiger partial charge in [-0.05, 0) is 44.7 Å². The van der Waals surface area contributed by atoms with Crippen LogP contribution in [0.2, 0.25) is 5.02 Å². The van der Waals surface area contributed by atoms with E-state index in [0.717, 1.165) is 23.6 Å². The maximum Gasteiger partial charge on any atom is 0.115 e. The van der Waals surface area contributed by atoms with Crippen LogP contribution >= 0.6 is 23.4 Å². The molecule has 1 N–H and O–H groups in total. The van der Waals surface area contributed by atoms with Crippen LogP contribution in [0.1, 0.15) is 19.8 Å². The topological polar surface area (TPSA) is 48.7 Å². The quantitative estimate of drug-likeness (QED) is 0.637. The minimum Gasteiger partial charge on any atom is -0.303 e. The lowest BCUT2D eigenvalue weighted by Gasteiger charge is -2.20. The first-order chi connectivity index (χ1) is 8.11. The highest BCUT2D eigenvalue weighted by atomic mass is 35.5. The molecule has 0 saturated heterocycles. The Bertz CT molecular complexity index is 405. The SMILES string of the molecule is CNC(C)(C#N)CCCSc1ncccc1Cl. The molecule has 1 aromatic heterocycles. The van der Waals surface area contributed by atoms with Crippen LogP contribution in [0.3, 0.4) is 0 Å². The molecule has 0 aromatic carbocycles. The molecule has 1 rings (SSSR count). The molecule has 1 heterocycles. The van der Waals surface area contributed by atoms with Gasteiger partial charge in [0.25, 0.3) is 0 Å². The number of halogens is 1. The Morgan fingerprint density at radius 1 is 1.65 bits per heavy atom. The molecule has 0 amide bonds. The van der Waals surface area contributed by atoms with Gasteiger partial charge in [-0.25, -0.2) is 4.98 Å². The largest absolute Gasteiger partial charge is 0.303 e. The third-order valence-corrected chi connectivity index (χ3v) is 4.09. The lowest BCUT2D eigenvalue weighted by atomic mass is 9.99. The minimum absolute atomic E-state index is 0.436. The van der Waals surface area contributed by atoms with E-state index in [-0.39, 0.29) is 0 Å². The van der Waals surface area contributed by atoms with Crippen molar-refractivity contribution in [3.05, 3.63) is 23.4 Å². The summed E-state index contributed by atoms with van der Waals surface area (Å²) < 4.78 is 0. The van der Waals surface area contributed by atoms with Gasteiger partial charge in [-0.3, -0.25) is 0 Å². The molecule has 0 bridgehead atoms. The third-order valence-electron chi connectivity index (χ3n) is 2.58. The molecule has 1 unspecified atom stereocenters. The van der Waals surface area contributed by atoms with Crippen molar-refractivity contribution in [1.82, 2.24) is 10.3 Å². The summed E-state index contributed by atoms with van der Waals surface area (Å²) in [6.45, 7) is 1.91. The van der Waals surface area contributed by atoms with Crippen LogP contribution in [0.4, 0.5) is 0 Å². The summed E-state index contributed by atoms with van der Waals surface area (Å²) in [5.41, 5.74) is -0.436. The number of nitrogens with one attached hydrogen (secondary N) is 1. The van der Waals surface area contributed by atoms with Crippen molar-refractivity contribution >= 4 is 23.4 Å². The molecule has 17 heavy (non-hydrogen) atoms. The van der Waals surface area contributed by atoms with Crippen molar-refractivity contribution < 1.29 is 0 Å². The molecule has 0 aliphatic rings. The van der Waals surface area contributed by atoms with Crippen molar-refractivity contribution in [2.45, 2.75) is 30.3 Å². The van der Waals surface area contributed by atoms with Gasteiger partial charge in [0.15, 0.2) is 0 Å². The van der Waals surface area contributed by atoms with E-state index in [9.17, 15) is 0 Å². The van der Waals surface area contributed by atoms with Gasteiger partial charge < -0.3 is 5.32 Å². The first-order valence-corrected chi connectivity index (χ1v) is 6.81. The number of thioether (sulfide) groups is 1. The number of aromatic nitrogens is 1. The van der Waals surface area contributed by atoms with Crippen LogP contribution in [-0.2, 0) is 0 Å². The highest BCUT2D eigenvalue weighted by Crippen LogP contribution is 2.25. The third kappa shape index (κ3) is 4.55. The zero-order chi connectivity index (χ0) is 12.7. The second-order valence-electron chi connectivity index (χ2n) is 3.94. The Balaban J connectivity index is 2.35. The van der Waals surface area contributed by atoms with Crippen molar-refractivity contribution in [1.29, 1.82) is 5.26 Å². The van der Waals surface area contributed by atoms with Gasteiger partial charge >= 0.3 is 0 Å². The predicted octanol–water partition coefficient (Wildman–Crippen LogP) is 3.11. The van der Waals surface area contributed by atoms with Gasteiger partial charge in [-0.2, -0.15) is 5.26 Å². The highest BCUT2D eigenvalue weighted by Gasteiger charge is 2.20. The number of hydrogen-bond acceptors (Lipinski definition) is 4. The Morgan fingerprint density at radius 2 is 2.41 bits per heavy atom. The first kappa shape index (κ1) is 14.3. The first-order valence-electron chi connectivity index (χ1n) is 5.45. The average Bonchev–Trinajstić information content (AvgIpc) is 2.36. The highest BCUT2D eigenvalue weighted by molar-refractivity contribution is 7.99. The standard InChI is InChI=1S/C12H16ClN3S/c1-12(9-14,15-2)6-4-8-17-11-10(13)5-3-7-16-11/h3,5,7,15H,4,6,8H2,1-2H3. The van der Waals surface area contributed by atoms with Gasteiger partial charge in [-0.15, -0.1) is 11.8 Å². The van der Waals surface area contributed by atoms with Crippen LogP contribution in [0.5, 0.6) is 0 Å². The van der Waals surface area contributed by atoms with Gasteiger partial charge in [0, 0.05) is 6.20 Å².